The average molecular weight is 297 g/mol. The molecule has 5 heteroatoms. The summed E-state index contributed by atoms with van der Waals surface area (Å²) in [5.41, 5.74) is 0. The maximum Gasteiger partial charge on any atom is 0.221 e. The SMILES string of the molecule is CC(CNC(=O)CC1CCCN1)Oc1ccc(Cl)cc1. The Morgan fingerprint density at radius 3 is 2.90 bits per heavy atom. The summed E-state index contributed by atoms with van der Waals surface area (Å²) in [7, 11) is 0. The zero-order valence-corrected chi connectivity index (χ0v) is 12.5. The zero-order valence-electron chi connectivity index (χ0n) is 11.7. The highest BCUT2D eigenvalue weighted by Gasteiger charge is 2.17. The van der Waals surface area contributed by atoms with E-state index in [9.17, 15) is 4.79 Å². The van der Waals surface area contributed by atoms with Crippen LogP contribution in [0.15, 0.2) is 24.3 Å². The van der Waals surface area contributed by atoms with Gasteiger partial charge in [-0.25, -0.2) is 0 Å². The first-order valence-electron chi connectivity index (χ1n) is 7.06. The van der Waals surface area contributed by atoms with Gasteiger partial charge in [0.25, 0.3) is 0 Å². The monoisotopic (exact) mass is 296 g/mol. The molecular weight excluding hydrogens is 276 g/mol. The van der Waals surface area contributed by atoms with Gasteiger partial charge in [0.1, 0.15) is 11.9 Å². The van der Waals surface area contributed by atoms with E-state index >= 15 is 0 Å². The topological polar surface area (TPSA) is 50.4 Å². The van der Waals surface area contributed by atoms with Crippen molar-refractivity contribution in [2.75, 3.05) is 13.1 Å². The number of halogens is 1. The summed E-state index contributed by atoms with van der Waals surface area (Å²) in [5, 5.41) is 6.91. The van der Waals surface area contributed by atoms with Crippen molar-refractivity contribution in [3.63, 3.8) is 0 Å². The van der Waals surface area contributed by atoms with Gasteiger partial charge in [0.05, 0.1) is 6.54 Å². The van der Waals surface area contributed by atoms with Crippen molar-refractivity contribution in [1.82, 2.24) is 10.6 Å². The third-order valence-electron chi connectivity index (χ3n) is 3.33. The molecule has 1 fully saturated rings. The molecule has 1 saturated heterocycles. The van der Waals surface area contributed by atoms with E-state index in [1.54, 1.807) is 12.1 Å². The van der Waals surface area contributed by atoms with Crippen LogP contribution in [-0.2, 0) is 4.79 Å². The molecule has 20 heavy (non-hydrogen) atoms. The second-order valence-corrected chi connectivity index (χ2v) is 5.62. The molecule has 0 saturated carbocycles. The fraction of sp³-hybridized carbons (Fsp3) is 0.533. The van der Waals surface area contributed by atoms with Crippen molar-refractivity contribution >= 4 is 17.5 Å². The van der Waals surface area contributed by atoms with E-state index in [-0.39, 0.29) is 12.0 Å². The second kappa shape index (κ2) is 7.50. The lowest BCUT2D eigenvalue weighted by atomic mass is 10.1. The molecule has 0 aromatic heterocycles. The molecule has 1 aromatic rings. The summed E-state index contributed by atoms with van der Waals surface area (Å²) < 4.78 is 5.70. The Hall–Kier alpha value is -1.26. The third kappa shape index (κ3) is 5.02. The van der Waals surface area contributed by atoms with Crippen LogP contribution in [0.5, 0.6) is 5.75 Å². The van der Waals surface area contributed by atoms with Crippen LogP contribution >= 0.6 is 11.6 Å². The number of nitrogens with one attached hydrogen (secondary N) is 2. The molecule has 110 valence electrons. The molecule has 1 amide bonds. The maximum atomic E-state index is 11.8. The van der Waals surface area contributed by atoms with Crippen LogP contribution in [0, 0.1) is 0 Å². The minimum atomic E-state index is -0.0725. The quantitative estimate of drug-likeness (QED) is 0.847. The van der Waals surface area contributed by atoms with Gasteiger partial charge in [0.2, 0.25) is 5.91 Å². The van der Waals surface area contributed by atoms with Gasteiger partial charge in [-0.15, -0.1) is 0 Å². The first kappa shape index (κ1) is 15.1. The molecule has 0 spiro atoms. The molecule has 0 radical (unpaired) electrons. The van der Waals surface area contributed by atoms with Gasteiger partial charge < -0.3 is 15.4 Å². The van der Waals surface area contributed by atoms with Crippen molar-refractivity contribution in [3.05, 3.63) is 29.3 Å². The van der Waals surface area contributed by atoms with Crippen LogP contribution in [0.25, 0.3) is 0 Å². The number of carbonyl (C=O) groups excluding carboxylic acids is 1. The third-order valence-corrected chi connectivity index (χ3v) is 3.58. The number of ether oxygens (including phenoxy) is 1. The van der Waals surface area contributed by atoms with E-state index in [1.165, 1.54) is 0 Å². The highest BCUT2D eigenvalue weighted by Crippen LogP contribution is 2.16. The first-order valence-corrected chi connectivity index (χ1v) is 7.43. The number of amides is 1. The minimum absolute atomic E-state index is 0.0725. The standard InChI is InChI=1S/C15H21ClN2O2/c1-11(20-14-6-4-12(16)5-7-14)10-18-15(19)9-13-3-2-8-17-13/h4-7,11,13,17H,2-3,8-10H2,1H3,(H,18,19). The molecule has 0 aliphatic carbocycles. The van der Waals surface area contributed by atoms with E-state index in [0.29, 0.717) is 24.0 Å². The summed E-state index contributed by atoms with van der Waals surface area (Å²) >= 11 is 5.81. The van der Waals surface area contributed by atoms with Crippen LogP contribution in [0.3, 0.4) is 0 Å². The van der Waals surface area contributed by atoms with Crippen molar-refractivity contribution in [3.8, 4) is 5.75 Å². The summed E-state index contributed by atoms with van der Waals surface area (Å²) in [4.78, 5) is 11.8. The number of carbonyl (C=O) groups is 1. The average Bonchev–Trinajstić information content (AvgIpc) is 2.92. The Kier molecular flexibility index (Phi) is 5.68. The normalized spacial score (nSPS) is 19.6. The Bertz CT molecular complexity index is 430. The van der Waals surface area contributed by atoms with E-state index < -0.39 is 0 Å². The zero-order chi connectivity index (χ0) is 14.4. The van der Waals surface area contributed by atoms with Gasteiger partial charge in [-0.05, 0) is 50.6 Å². The maximum absolute atomic E-state index is 11.8. The van der Waals surface area contributed by atoms with Gasteiger partial charge in [-0.2, -0.15) is 0 Å². The van der Waals surface area contributed by atoms with E-state index in [0.717, 1.165) is 25.1 Å². The molecular formula is C15H21ClN2O2. The van der Waals surface area contributed by atoms with E-state index in [1.807, 2.05) is 19.1 Å². The molecule has 4 nitrogen and oxygen atoms in total. The molecule has 2 N–H and O–H groups in total. The van der Waals surface area contributed by atoms with Gasteiger partial charge in [0, 0.05) is 17.5 Å². The summed E-state index contributed by atoms with van der Waals surface area (Å²) in [6, 6.07) is 7.55. The van der Waals surface area contributed by atoms with E-state index in [4.69, 9.17) is 16.3 Å². The Labute approximate surface area is 124 Å². The molecule has 1 aliphatic heterocycles. The van der Waals surface area contributed by atoms with Crippen molar-refractivity contribution in [2.24, 2.45) is 0 Å². The first-order chi connectivity index (χ1) is 9.63. The molecule has 1 aliphatic rings. The molecule has 0 bridgehead atoms. The minimum Gasteiger partial charge on any atom is -0.489 e. The highest BCUT2D eigenvalue weighted by molar-refractivity contribution is 6.30. The largest absolute Gasteiger partial charge is 0.489 e. The van der Waals surface area contributed by atoms with Crippen LogP contribution < -0.4 is 15.4 Å². The summed E-state index contributed by atoms with van der Waals surface area (Å²) in [6.07, 6.45) is 2.73. The van der Waals surface area contributed by atoms with Crippen molar-refractivity contribution < 1.29 is 9.53 Å². The number of benzene rings is 1. The van der Waals surface area contributed by atoms with Crippen LogP contribution in [-0.4, -0.2) is 31.1 Å². The highest BCUT2D eigenvalue weighted by atomic mass is 35.5. The van der Waals surface area contributed by atoms with Gasteiger partial charge >= 0.3 is 0 Å². The molecule has 1 aromatic carbocycles. The van der Waals surface area contributed by atoms with E-state index in [2.05, 4.69) is 10.6 Å². The Morgan fingerprint density at radius 1 is 1.50 bits per heavy atom. The summed E-state index contributed by atoms with van der Waals surface area (Å²) in [5.74, 6) is 0.838. The molecule has 1 heterocycles. The molecule has 2 atom stereocenters. The van der Waals surface area contributed by atoms with Crippen LogP contribution in [0.2, 0.25) is 5.02 Å². The smallest absolute Gasteiger partial charge is 0.221 e. The van der Waals surface area contributed by atoms with Gasteiger partial charge in [-0.3, -0.25) is 4.79 Å². The van der Waals surface area contributed by atoms with Crippen LogP contribution in [0.1, 0.15) is 26.2 Å². The Balaban J connectivity index is 1.67. The molecule has 2 unspecified atom stereocenters. The number of hydrogen-bond acceptors (Lipinski definition) is 3. The van der Waals surface area contributed by atoms with Crippen molar-refractivity contribution in [1.29, 1.82) is 0 Å². The fourth-order valence-corrected chi connectivity index (χ4v) is 2.40. The number of rotatable bonds is 6. The van der Waals surface area contributed by atoms with Gasteiger partial charge in [-0.1, -0.05) is 11.6 Å². The summed E-state index contributed by atoms with van der Waals surface area (Å²) in [6.45, 7) is 3.46. The number of hydrogen-bond donors (Lipinski definition) is 2. The predicted molar refractivity (Wildman–Crippen MR) is 80.2 cm³/mol. The lowest BCUT2D eigenvalue weighted by Crippen LogP contribution is -2.37. The molecule has 2 rings (SSSR count). The predicted octanol–water partition coefficient (Wildman–Crippen LogP) is 2.37. The van der Waals surface area contributed by atoms with Gasteiger partial charge in [0.15, 0.2) is 0 Å². The van der Waals surface area contributed by atoms with Crippen molar-refractivity contribution in [2.45, 2.75) is 38.3 Å². The lowest BCUT2D eigenvalue weighted by Gasteiger charge is -2.16. The lowest BCUT2D eigenvalue weighted by molar-refractivity contribution is -0.121. The Morgan fingerprint density at radius 2 is 2.25 bits per heavy atom. The van der Waals surface area contributed by atoms with Crippen LogP contribution in [0.4, 0.5) is 0 Å². The fourth-order valence-electron chi connectivity index (χ4n) is 2.27. The second-order valence-electron chi connectivity index (χ2n) is 5.18.